The summed E-state index contributed by atoms with van der Waals surface area (Å²) in [4.78, 5) is 11.3. The van der Waals surface area contributed by atoms with Crippen molar-refractivity contribution in [3.05, 3.63) is 0 Å². The lowest BCUT2D eigenvalue weighted by molar-refractivity contribution is -0.152. The summed E-state index contributed by atoms with van der Waals surface area (Å²) in [6.45, 7) is 6.58. The maximum absolute atomic E-state index is 11.3. The Morgan fingerprint density at radius 3 is 2.38 bits per heavy atom. The van der Waals surface area contributed by atoms with Crippen LogP contribution in [0.2, 0.25) is 0 Å². The lowest BCUT2D eigenvalue weighted by Gasteiger charge is -2.39. The highest BCUT2D eigenvalue weighted by Crippen LogP contribution is 2.65. The van der Waals surface area contributed by atoms with Crippen LogP contribution >= 0.6 is 0 Å². The molecule has 2 bridgehead atoms. The predicted octanol–water partition coefficient (Wildman–Crippen LogP) is 2.53. The van der Waals surface area contributed by atoms with Gasteiger partial charge >= 0.3 is 5.97 Å². The topological polar surface area (TPSA) is 37.3 Å². The molecular weight excluding hydrogens is 164 g/mol. The number of hydrogen-bond acceptors (Lipinski definition) is 1. The summed E-state index contributed by atoms with van der Waals surface area (Å²) in [6, 6.07) is 0. The number of carboxylic acids is 1. The van der Waals surface area contributed by atoms with Crippen molar-refractivity contribution in [3.8, 4) is 0 Å². The molecule has 0 aromatic carbocycles. The molecule has 1 N–H and O–H groups in total. The monoisotopic (exact) mass is 182 g/mol. The van der Waals surface area contributed by atoms with Gasteiger partial charge in [0.15, 0.2) is 0 Å². The molecule has 0 spiro atoms. The third-order valence-corrected chi connectivity index (χ3v) is 4.97. The summed E-state index contributed by atoms with van der Waals surface area (Å²) in [5.41, 5.74) is -0.148. The van der Waals surface area contributed by atoms with E-state index < -0.39 is 5.97 Å². The van der Waals surface area contributed by atoms with Crippen molar-refractivity contribution < 1.29 is 9.90 Å². The van der Waals surface area contributed by atoms with Gasteiger partial charge in [0.1, 0.15) is 0 Å². The van der Waals surface area contributed by atoms with Gasteiger partial charge in [-0.25, -0.2) is 0 Å². The van der Waals surface area contributed by atoms with E-state index in [-0.39, 0.29) is 10.8 Å². The highest BCUT2D eigenvalue weighted by molar-refractivity contribution is 5.76. The fraction of sp³-hybridized carbons (Fsp3) is 0.909. The summed E-state index contributed by atoms with van der Waals surface area (Å²) >= 11 is 0. The van der Waals surface area contributed by atoms with Crippen molar-refractivity contribution >= 4 is 5.97 Å². The third-order valence-electron chi connectivity index (χ3n) is 4.97. The first-order chi connectivity index (χ1) is 5.91. The standard InChI is InChI=1S/C11H18O2/c1-7-10(2,3)8-4-5-11(7,6-8)9(12)13/h7-8H,4-6H2,1-3H3,(H,12,13)/t7-,8-,11-/m0/s1. The van der Waals surface area contributed by atoms with Gasteiger partial charge < -0.3 is 5.11 Å². The Kier molecular flexibility index (Phi) is 1.59. The molecule has 0 saturated heterocycles. The van der Waals surface area contributed by atoms with Crippen LogP contribution in [0.25, 0.3) is 0 Å². The molecule has 0 unspecified atom stereocenters. The van der Waals surface area contributed by atoms with Crippen molar-refractivity contribution in [1.82, 2.24) is 0 Å². The van der Waals surface area contributed by atoms with E-state index in [9.17, 15) is 9.90 Å². The van der Waals surface area contributed by atoms with Crippen molar-refractivity contribution in [2.75, 3.05) is 0 Å². The molecule has 3 atom stereocenters. The molecule has 13 heavy (non-hydrogen) atoms. The van der Waals surface area contributed by atoms with Gasteiger partial charge in [-0.1, -0.05) is 20.8 Å². The van der Waals surface area contributed by atoms with Gasteiger partial charge in [0, 0.05) is 0 Å². The van der Waals surface area contributed by atoms with E-state index in [1.54, 1.807) is 0 Å². The molecule has 0 aromatic heterocycles. The van der Waals surface area contributed by atoms with Gasteiger partial charge in [-0.3, -0.25) is 4.79 Å². The minimum atomic E-state index is -0.562. The lowest BCUT2D eigenvalue weighted by Crippen LogP contribution is -2.39. The molecule has 0 amide bonds. The maximum atomic E-state index is 11.3. The van der Waals surface area contributed by atoms with Crippen molar-refractivity contribution in [2.24, 2.45) is 22.7 Å². The number of carboxylic acid groups (broad SMARTS) is 1. The van der Waals surface area contributed by atoms with Crippen molar-refractivity contribution in [3.63, 3.8) is 0 Å². The third kappa shape index (κ3) is 0.866. The molecule has 2 fully saturated rings. The zero-order valence-corrected chi connectivity index (χ0v) is 8.63. The molecular formula is C11H18O2. The molecule has 74 valence electrons. The average molecular weight is 182 g/mol. The first-order valence-electron chi connectivity index (χ1n) is 5.14. The van der Waals surface area contributed by atoms with Crippen LogP contribution in [0.15, 0.2) is 0 Å². The van der Waals surface area contributed by atoms with E-state index in [2.05, 4.69) is 20.8 Å². The predicted molar refractivity (Wildman–Crippen MR) is 50.4 cm³/mol. The first-order valence-corrected chi connectivity index (χ1v) is 5.14. The van der Waals surface area contributed by atoms with E-state index in [1.807, 2.05) is 0 Å². The fourth-order valence-corrected chi connectivity index (χ4v) is 3.55. The van der Waals surface area contributed by atoms with E-state index in [0.717, 1.165) is 19.3 Å². The molecule has 0 radical (unpaired) electrons. The Morgan fingerprint density at radius 2 is 2.08 bits per heavy atom. The van der Waals surface area contributed by atoms with Crippen LogP contribution in [-0.2, 0) is 4.79 Å². The Labute approximate surface area is 79.3 Å². The number of hydrogen-bond donors (Lipinski definition) is 1. The van der Waals surface area contributed by atoms with Crippen LogP contribution < -0.4 is 0 Å². The average Bonchev–Trinajstić information content (AvgIpc) is 2.53. The molecule has 0 aliphatic heterocycles. The second-order valence-electron chi connectivity index (χ2n) is 5.44. The van der Waals surface area contributed by atoms with Crippen LogP contribution in [0.4, 0.5) is 0 Å². The quantitative estimate of drug-likeness (QED) is 0.676. The minimum absolute atomic E-state index is 0.233. The highest BCUT2D eigenvalue weighted by Gasteiger charge is 2.63. The first kappa shape index (κ1) is 9.04. The van der Waals surface area contributed by atoms with Gasteiger partial charge in [0.25, 0.3) is 0 Å². The molecule has 0 aromatic rings. The number of carbonyl (C=O) groups is 1. The van der Waals surface area contributed by atoms with Gasteiger partial charge in [-0.15, -0.1) is 0 Å². The minimum Gasteiger partial charge on any atom is -0.481 e. The molecule has 2 aliphatic rings. The molecule has 2 heteroatoms. The Hall–Kier alpha value is -0.530. The van der Waals surface area contributed by atoms with Crippen LogP contribution in [0, 0.1) is 22.7 Å². The summed E-state index contributed by atoms with van der Waals surface area (Å²) in [6.07, 6.45) is 2.93. The summed E-state index contributed by atoms with van der Waals surface area (Å²) in [5.74, 6) is 0.405. The molecule has 0 heterocycles. The van der Waals surface area contributed by atoms with Gasteiger partial charge in [0.2, 0.25) is 0 Å². The van der Waals surface area contributed by atoms with Crippen molar-refractivity contribution in [1.29, 1.82) is 0 Å². The summed E-state index contributed by atoms with van der Waals surface area (Å²) in [5, 5.41) is 9.29. The van der Waals surface area contributed by atoms with Gasteiger partial charge in [0.05, 0.1) is 5.41 Å². The summed E-state index contributed by atoms with van der Waals surface area (Å²) in [7, 11) is 0. The normalized spacial score (nSPS) is 46.7. The van der Waals surface area contributed by atoms with E-state index >= 15 is 0 Å². The SMILES string of the molecule is C[C@H]1C(C)(C)[C@H]2CC[C@]1(C(=O)O)C2. The lowest BCUT2D eigenvalue weighted by atomic mass is 9.64. The Balaban J connectivity index is 2.40. The maximum Gasteiger partial charge on any atom is 0.309 e. The van der Waals surface area contributed by atoms with Gasteiger partial charge in [-0.2, -0.15) is 0 Å². The largest absolute Gasteiger partial charge is 0.481 e. The van der Waals surface area contributed by atoms with E-state index in [1.165, 1.54) is 0 Å². The van der Waals surface area contributed by atoms with Crippen LogP contribution in [0.1, 0.15) is 40.0 Å². The zero-order chi connectivity index (χ0) is 9.85. The van der Waals surface area contributed by atoms with Gasteiger partial charge in [-0.05, 0) is 36.5 Å². The fourth-order valence-electron chi connectivity index (χ4n) is 3.55. The molecule has 2 rings (SSSR count). The number of rotatable bonds is 1. The van der Waals surface area contributed by atoms with E-state index in [0.29, 0.717) is 11.8 Å². The molecule has 2 saturated carbocycles. The van der Waals surface area contributed by atoms with E-state index in [4.69, 9.17) is 0 Å². The van der Waals surface area contributed by atoms with Crippen LogP contribution in [-0.4, -0.2) is 11.1 Å². The number of fused-ring (bicyclic) bond motifs is 2. The van der Waals surface area contributed by atoms with Crippen LogP contribution in [0.5, 0.6) is 0 Å². The van der Waals surface area contributed by atoms with Crippen molar-refractivity contribution in [2.45, 2.75) is 40.0 Å². The zero-order valence-electron chi connectivity index (χ0n) is 8.63. The smallest absolute Gasteiger partial charge is 0.309 e. The molecule has 2 aliphatic carbocycles. The number of aliphatic carboxylic acids is 1. The van der Waals surface area contributed by atoms with Crippen LogP contribution in [0.3, 0.4) is 0 Å². The Bertz CT molecular complexity index is 257. The second kappa shape index (κ2) is 2.28. The summed E-state index contributed by atoms with van der Waals surface area (Å²) < 4.78 is 0. The molecule has 2 nitrogen and oxygen atoms in total. The highest BCUT2D eigenvalue weighted by atomic mass is 16.4. The second-order valence-corrected chi connectivity index (χ2v) is 5.44. The Morgan fingerprint density at radius 1 is 1.46 bits per heavy atom.